The molecule has 6 heteroatoms. The van der Waals surface area contributed by atoms with E-state index in [0.717, 1.165) is 0 Å². The summed E-state index contributed by atoms with van der Waals surface area (Å²) in [4.78, 5) is 9.53. The van der Waals surface area contributed by atoms with Gasteiger partial charge in [0.2, 0.25) is 0 Å². The van der Waals surface area contributed by atoms with E-state index in [1.54, 1.807) is 60.7 Å². The van der Waals surface area contributed by atoms with E-state index in [9.17, 15) is 9.46 Å². The molecular weight excluding hydrogens is 291 g/mol. The smallest absolute Gasteiger partial charge is 0.395 e. The monoisotopic (exact) mass is 302 g/mol. The SMILES string of the molecule is O=P(O)(Oc1ccccc1)Oc1ccccc1.[Cr]. The van der Waals surface area contributed by atoms with Gasteiger partial charge >= 0.3 is 7.82 Å². The molecule has 0 aliphatic heterocycles. The van der Waals surface area contributed by atoms with Crippen molar-refractivity contribution < 1.29 is 35.9 Å². The fourth-order valence-electron chi connectivity index (χ4n) is 1.25. The molecule has 0 aliphatic carbocycles. The molecule has 0 amide bonds. The summed E-state index contributed by atoms with van der Waals surface area (Å²) in [6, 6.07) is 16.7. The Kier molecular flexibility index (Phi) is 5.46. The zero-order valence-electron chi connectivity index (χ0n) is 9.30. The molecule has 1 N–H and O–H groups in total. The molecule has 0 aromatic heterocycles. The Morgan fingerprint density at radius 2 is 1.11 bits per heavy atom. The molecule has 0 saturated heterocycles. The first kappa shape index (κ1) is 14.8. The molecule has 2 aromatic rings. The maximum atomic E-state index is 11.7. The second-order valence-electron chi connectivity index (χ2n) is 3.28. The van der Waals surface area contributed by atoms with E-state index in [1.165, 1.54) is 0 Å². The summed E-state index contributed by atoms with van der Waals surface area (Å²) in [5.41, 5.74) is 0. The van der Waals surface area contributed by atoms with Gasteiger partial charge in [0.15, 0.2) is 0 Å². The van der Waals surface area contributed by atoms with Crippen molar-refractivity contribution in [2.24, 2.45) is 0 Å². The van der Waals surface area contributed by atoms with Gasteiger partial charge in [0, 0.05) is 17.4 Å². The van der Waals surface area contributed by atoms with Gasteiger partial charge in [0.05, 0.1) is 0 Å². The van der Waals surface area contributed by atoms with Crippen molar-refractivity contribution in [1.29, 1.82) is 0 Å². The molecule has 18 heavy (non-hydrogen) atoms. The molecule has 0 radical (unpaired) electrons. The summed E-state index contributed by atoms with van der Waals surface area (Å²) >= 11 is 0. The van der Waals surface area contributed by atoms with E-state index in [2.05, 4.69) is 0 Å². The molecule has 0 spiro atoms. The first-order valence-electron chi connectivity index (χ1n) is 4.98. The second-order valence-corrected chi connectivity index (χ2v) is 4.58. The zero-order chi connectivity index (χ0) is 12.1. The van der Waals surface area contributed by atoms with Gasteiger partial charge in [-0.2, -0.15) is 0 Å². The standard InChI is InChI=1S/C12H11O4P.Cr/c13-17(14,15-11-7-3-1-4-8-11)16-12-9-5-2-6-10-12;/h1-10H,(H,13,14);. The summed E-state index contributed by atoms with van der Waals surface area (Å²) in [7, 11) is -4.14. The summed E-state index contributed by atoms with van der Waals surface area (Å²) in [5, 5.41) is 0. The number of rotatable bonds is 4. The number of benzene rings is 2. The number of para-hydroxylation sites is 2. The molecule has 0 aliphatic rings. The topological polar surface area (TPSA) is 55.8 Å². The average Bonchev–Trinajstić information content (AvgIpc) is 2.30. The Morgan fingerprint density at radius 3 is 1.44 bits per heavy atom. The molecule has 2 rings (SSSR count). The van der Waals surface area contributed by atoms with Crippen LogP contribution in [-0.2, 0) is 21.9 Å². The second kappa shape index (κ2) is 6.63. The van der Waals surface area contributed by atoms with Crippen molar-refractivity contribution in [2.75, 3.05) is 0 Å². The van der Waals surface area contributed by atoms with Crippen molar-refractivity contribution >= 4 is 7.82 Å². The van der Waals surface area contributed by atoms with Crippen LogP contribution < -0.4 is 9.05 Å². The molecule has 4 nitrogen and oxygen atoms in total. The minimum absolute atomic E-state index is 0. The first-order valence-corrected chi connectivity index (χ1v) is 6.47. The molecule has 0 heterocycles. The van der Waals surface area contributed by atoms with Gasteiger partial charge in [0.1, 0.15) is 11.5 Å². The van der Waals surface area contributed by atoms with Gasteiger partial charge in [-0.1, -0.05) is 36.4 Å². The van der Waals surface area contributed by atoms with Crippen LogP contribution in [0.5, 0.6) is 11.5 Å². The van der Waals surface area contributed by atoms with Gasteiger partial charge < -0.3 is 9.05 Å². The quantitative estimate of drug-likeness (QED) is 0.881. The van der Waals surface area contributed by atoms with Crippen LogP contribution in [0, 0.1) is 0 Å². The van der Waals surface area contributed by atoms with Crippen molar-refractivity contribution in [3.63, 3.8) is 0 Å². The third kappa shape index (κ3) is 4.56. The minimum atomic E-state index is -4.14. The number of phosphoric acid groups is 1. The van der Waals surface area contributed by atoms with Crippen molar-refractivity contribution in [1.82, 2.24) is 0 Å². The molecule has 0 bridgehead atoms. The van der Waals surface area contributed by atoms with Crippen LogP contribution in [0.2, 0.25) is 0 Å². The van der Waals surface area contributed by atoms with E-state index in [1.807, 2.05) is 0 Å². The summed E-state index contributed by atoms with van der Waals surface area (Å²) in [6.45, 7) is 0. The predicted molar refractivity (Wildman–Crippen MR) is 64.0 cm³/mol. The van der Waals surface area contributed by atoms with Crippen molar-refractivity contribution in [2.45, 2.75) is 0 Å². The van der Waals surface area contributed by atoms with Gasteiger partial charge in [-0.25, -0.2) is 4.57 Å². The normalized spacial score (nSPS) is 10.3. The zero-order valence-corrected chi connectivity index (χ0v) is 11.5. The average molecular weight is 302 g/mol. The first-order chi connectivity index (χ1) is 8.16. The third-order valence-electron chi connectivity index (χ3n) is 1.93. The van der Waals surface area contributed by atoms with Crippen LogP contribution in [0.15, 0.2) is 60.7 Å². The third-order valence-corrected chi connectivity index (χ3v) is 2.81. The van der Waals surface area contributed by atoms with E-state index in [-0.39, 0.29) is 28.9 Å². The Labute approximate surface area is 116 Å². The molecule has 0 fully saturated rings. The molecule has 0 saturated carbocycles. The van der Waals surface area contributed by atoms with E-state index in [4.69, 9.17) is 9.05 Å². The van der Waals surface area contributed by atoms with Crippen molar-refractivity contribution in [3.05, 3.63) is 60.7 Å². The fraction of sp³-hybridized carbons (Fsp3) is 0. The van der Waals surface area contributed by atoms with E-state index >= 15 is 0 Å². The van der Waals surface area contributed by atoms with Crippen LogP contribution >= 0.6 is 7.82 Å². The Bertz CT molecular complexity index is 473. The number of phosphoric ester groups is 1. The maximum Gasteiger partial charge on any atom is 0.584 e. The maximum absolute atomic E-state index is 11.7. The Morgan fingerprint density at radius 1 is 0.778 bits per heavy atom. The molecule has 94 valence electrons. The van der Waals surface area contributed by atoms with Gasteiger partial charge in [-0.05, 0) is 24.3 Å². The van der Waals surface area contributed by atoms with E-state index < -0.39 is 7.82 Å². The van der Waals surface area contributed by atoms with Crippen LogP contribution in [0.3, 0.4) is 0 Å². The summed E-state index contributed by atoms with van der Waals surface area (Å²) in [6.07, 6.45) is 0. The predicted octanol–water partition coefficient (Wildman–Crippen LogP) is 3.24. The summed E-state index contributed by atoms with van der Waals surface area (Å²) in [5.74, 6) is 0.573. The summed E-state index contributed by atoms with van der Waals surface area (Å²) < 4.78 is 21.5. The van der Waals surface area contributed by atoms with E-state index in [0.29, 0.717) is 0 Å². The van der Waals surface area contributed by atoms with Gasteiger partial charge in [-0.3, -0.25) is 4.89 Å². The molecule has 0 atom stereocenters. The van der Waals surface area contributed by atoms with Crippen LogP contribution in [0.1, 0.15) is 0 Å². The van der Waals surface area contributed by atoms with Crippen molar-refractivity contribution in [3.8, 4) is 11.5 Å². The Hall–Kier alpha value is -1.24. The molecule has 0 unspecified atom stereocenters. The number of hydrogen-bond acceptors (Lipinski definition) is 3. The Balaban J connectivity index is 0.00000162. The van der Waals surface area contributed by atoms with Gasteiger partial charge in [0.25, 0.3) is 0 Å². The largest absolute Gasteiger partial charge is 0.584 e. The number of hydrogen-bond donors (Lipinski definition) is 1. The fourth-order valence-corrected chi connectivity index (χ4v) is 2.06. The minimum Gasteiger partial charge on any atom is -0.395 e. The van der Waals surface area contributed by atoms with Crippen LogP contribution in [-0.4, -0.2) is 4.89 Å². The van der Waals surface area contributed by atoms with Crippen LogP contribution in [0.4, 0.5) is 0 Å². The van der Waals surface area contributed by atoms with Gasteiger partial charge in [-0.15, -0.1) is 0 Å². The van der Waals surface area contributed by atoms with Crippen LogP contribution in [0.25, 0.3) is 0 Å². The molecule has 2 aromatic carbocycles. The molecular formula is C12H11CrO4P.